The van der Waals surface area contributed by atoms with Crippen LogP contribution in [0.2, 0.25) is 0 Å². The quantitative estimate of drug-likeness (QED) is 0.408. The van der Waals surface area contributed by atoms with Gasteiger partial charge in [-0.15, -0.1) is 0 Å². The normalized spacial score (nSPS) is 12.6. The lowest BCUT2D eigenvalue weighted by atomic mass is 9.80. The highest BCUT2D eigenvalue weighted by molar-refractivity contribution is 5.70. The van der Waals surface area contributed by atoms with Crippen LogP contribution in [0.25, 0.3) is 11.1 Å². The average molecular weight is 407 g/mol. The molecule has 0 aliphatic carbocycles. The Hall–Kier alpha value is -2.65. The number of ether oxygens (including phenoxy) is 2. The van der Waals surface area contributed by atoms with Gasteiger partial charge in [0.15, 0.2) is 0 Å². The molecule has 0 aromatic heterocycles. The Morgan fingerprint density at radius 2 is 1.60 bits per heavy atom. The maximum absolute atomic E-state index is 14.9. The van der Waals surface area contributed by atoms with Crippen LogP contribution in [0.1, 0.15) is 50.5 Å². The summed E-state index contributed by atoms with van der Waals surface area (Å²) >= 11 is 0. The van der Waals surface area contributed by atoms with Gasteiger partial charge in [-0.3, -0.25) is 0 Å². The van der Waals surface area contributed by atoms with Crippen molar-refractivity contribution in [2.75, 3.05) is 7.11 Å². The molecule has 0 fully saturated rings. The van der Waals surface area contributed by atoms with Gasteiger partial charge in [0.25, 0.3) is 0 Å². The molecule has 0 amide bonds. The van der Waals surface area contributed by atoms with Crippen molar-refractivity contribution in [1.29, 1.82) is 0 Å². The molecule has 2 nitrogen and oxygen atoms in total. The van der Waals surface area contributed by atoms with Gasteiger partial charge >= 0.3 is 0 Å². The smallest absolute Gasteiger partial charge is 0.131 e. The molecule has 0 saturated carbocycles. The van der Waals surface area contributed by atoms with E-state index in [9.17, 15) is 4.39 Å². The molecule has 0 radical (unpaired) electrons. The fourth-order valence-electron chi connectivity index (χ4n) is 3.69. The number of halogens is 1. The summed E-state index contributed by atoms with van der Waals surface area (Å²) in [6.45, 7) is 9.11. The summed E-state index contributed by atoms with van der Waals surface area (Å²) < 4.78 is 26.7. The topological polar surface area (TPSA) is 18.5 Å². The second-order valence-electron chi connectivity index (χ2n) is 8.66. The lowest BCUT2D eigenvalue weighted by Gasteiger charge is -2.33. The van der Waals surface area contributed by atoms with Crippen LogP contribution in [-0.2, 0) is 17.8 Å². The number of aryl methyl sites for hydroxylation is 1. The minimum atomic E-state index is -0.267. The summed E-state index contributed by atoms with van der Waals surface area (Å²) in [6, 6.07) is 21.2. The van der Waals surface area contributed by atoms with Crippen LogP contribution >= 0.6 is 0 Å². The van der Waals surface area contributed by atoms with E-state index >= 15 is 0 Å². The van der Waals surface area contributed by atoms with E-state index < -0.39 is 0 Å². The van der Waals surface area contributed by atoms with E-state index in [2.05, 4.69) is 52.0 Å². The molecule has 0 saturated heterocycles. The molecule has 3 heteroatoms. The minimum Gasteiger partial charge on any atom is -0.497 e. The van der Waals surface area contributed by atoms with E-state index in [4.69, 9.17) is 9.47 Å². The zero-order valence-electron chi connectivity index (χ0n) is 18.5. The Morgan fingerprint density at radius 3 is 2.23 bits per heavy atom. The van der Waals surface area contributed by atoms with Crippen molar-refractivity contribution < 1.29 is 13.9 Å². The highest BCUT2D eigenvalue weighted by atomic mass is 19.1. The van der Waals surface area contributed by atoms with Crippen molar-refractivity contribution in [3.63, 3.8) is 0 Å². The predicted octanol–water partition coefficient (Wildman–Crippen LogP) is 7.37. The van der Waals surface area contributed by atoms with E-state index in [0.717, 1.165) is 23.1 Å². The van der Waals surface area contributed by atoms with Crippen LogP contribution in [-0.4, -0.2) is 7.11 Å². The molecule has 0 heterocycles. The number of methoxy groups -OCH3 is 1. The van der Waals surface area contributed by atoms with Crippen molar-refractivity contribution in [3.05, 3.63) is 89.2 Å². The third-order valence-electron chi connectivity index (χ3n) is 5.32. The first kappa shape index (κ1) is 22.0. The molecule has 3 aromatic rings. The van der Waals surface area contributed by atoms with E-state index in [-0.39, 0.29) is 17.3 Å². The van der Waals surface area contributed by atoms with Crippen LogP contribution in [0.4, 0.5) is 4.39 Å². The van der Waals surface area contributed by atoms with Gasteiger partial charge in [-0.25, -0.2) is 4.39 Å². The molecule has 0 unspecified atom stereocenters. The minimum absolute atomic E-state index is 0.175. The molecule has 3 rings (SSSR count). The van der Waals surface area contributed by atoms with E-state index in [1.165, 1.54) is 11.6 Å². The van der Waals surface area contributed by atoms with E-state index in [1.54, 1.807) is 19.2 Å². The maximum atomic E-state index is 14.9. The molecule has 30 heavy (non-hydrogen) atoms. The summed E-state index contributed by atoms with van der Waals surface area (Å²) in [5.74, 6) is 0.367. The van der Waals surface area contributed by atoms with Gasteiger partial charge < -0.3 is 9.47 Å². The molecule has 0 aliphatic rings. The summed E-state index contributed by atoms with van der Waals surface area (Å²) in [7, 11) is 1.60. The standard InChI is InChI=1S/C27H31FO2/c1-6-19-12-14-22(23-17-21(29-5)13-15-25(23)28)24(16-19)26(27(2,3)4)30-18-20-10-8-7-9-11-20/h7-17,26H,6,18H2,1-5H3/t26-/m1/s1. The van der Waals surface area contributed by atoms with Crippen LogP contribution in [0, 0.1) is 11.2 Å². The third-order valence-corrected chi connectivity index (χ3v) is 5.32. The first-order chi connectivity index (χ1) is 14.3. The number of rotatable bonds is 7. The molecule has 0 bridgehead atoms. The fraction of sp³-hybridized carbons (Fsp3) is 0.333. The molecule has 0 aliphatic heterocycles. The summed E-state index contributed by atoms with van der Waals surface area (Å²) in [6.07, 6.45) is 0.702. The van der Waals surface area contributed by atoms with E-state index in [0.29, 0.717) is 17.9 Å². The Morgan fingerprint density at radius 1 is 0.867 bits per heavy atom. The van der Waals surface area contributed by atoms with Crippen molar-refractivity contribution >= 4 is 0 Å². The third kappa shape index (κ3) is 5.09. The molecule has 3 aromatic carbocycles. The van der Waals surface area contributed by atoms with Crippen molar-refractivity contribution in [2.24, 2.45) is 5.41 Å². The molecule has 1 atom stereocenters. The zero-order chi connectivity index (χ0) is 21.7. The number of benzene rings is 3. The summed E-state index contributed by atoms with van der Waals surface area (Å²) in [5, 5.41) is 0. The molecule has 158 valence electrons. The molecule has 0 N–H and O–H groups in total. The average Bonchev–Trinajstić information content (AvgIpc) is 2.74. The van der Waals surface area contributed by atoms with Gasteiger partial charge in [-0.2, -0.15) is 0 Å². The summed E-state index contributed by atoms with van der Waals surface area (Å²) in [5.41, 5.74) is 4.53. The largest absolute Gasteiger partial charge is 0.497 e. The van der Waals surface area contributed by atoms with Gasteiger partial charge in [0.1, 0.15) is 11.6 Å². The zero-order valence-corrected chi connectivity index (χ0v) is 18.5. The Balaban J connectivity index is 2.10. The van der Waals surface area contributed by atoms with Crippen molar-refractivity contribution in [2.45, 2.75) is 46.8 Å². The Bertz CT molecular complexity index is 974. The van der Waals surface area contributed by atoms with Gasteiger partial charge in [0.2, 0.25) is 0 Å². The highest BCUT2D eigenvalue weighted by Crippen LogP contribution is 2.43. The Labute approximate surface area is 179 Å². The van der Waals surface area contributed by atoms with Crippen LogP contribution in [0.3, 0.4) is 0 Å². The molecule has 0 spiro atoms. The van der Waals surface area contributed by atoms with Crippen LogP contribution in [0.15, 0.2) is 66.7 Å². The van der Waals surface area contributed by atoms with Gasteiger partial charge in [-0.05, 0) is 52.3 Å². The Kier molecular flexibility index (Phi) is 6.94. The maximum Gasteiger partial charge on any atom is 0.131 e. The second kappa shape index (κ2) is 9.44. The first-order valence-corrected chi connectivity index (χ1v) is 10.5. The van der Waals surface area contributed by atoms with Gasteiger partial charge in [-0.1, -0.05) is 76.2 Å². The lowest BCUT2D eigenvalue weighted by Crippen LogP contribution is -2.22. The lowest BCUT2D eigenvalue weighted by molar-refractivity contribution is -0.0301. The summed E-state index contributed by atoms with van der Waals surface area (Å²) in [4.78, 5) is 0. The SMILES string of the molecule is CCc1ccc(-c2cc(OC)ccc2F)c([C@@H](OCc2ccccc2)C(C)(C)C)c1. The van der Waals surface area contributed by atoms with Crippen LogP contribution in [0.5, 0.6) is 5.75 Å². The molecular weight excluding hydrogens is 375 g/mol. The fourth-order valence-corrected chi connectivity index (χ4v) is 3.69. The number of hydrogen-bond acceptors (Lipinski definition) is 2. The monoisotopic (exact) mass is 406 g/mol. The van der Waals surface area contributed by atoms with Gasteiger partial charge in [0, 0.05) is 5.56 Å². The number of hydrogen-bond donors (Lipinski definition) is 0. The van der Waals surface area contributed by atoms with Crippen LogP contribution < -0.4 is 4.74 Å². The highest BCUT2D eigenvalue weighted by Gasteiger charge is 2.30. The van der Waals surface area contributed by atoms with E-state index in [1.807, 2.05) is 24.3 Å². The van der Waals surface area contributed by atoms with Gasteiger partial charge in [0.05, 0.1) is 19.8 Å². The first-order valence-electron chi connectivity index (χ1n) is 10.5. The van der Waals surface area contributed by atoms with Crippen molar-refractivity contribution in [1.82, 2.24) is 0 Å². The predicted molar refractivity (Wildman–Crippen MR) is 121 cm³/mol. The second-order valence-corrected chi connectivity index (χ2v) is 8.66. The van der Waals surface area contributed by atoms with Crippen molar-refractivity contribution in [3.8, 4) is 16.9 Å². The molecular formula is C27H31FO2.